The van der Waals surface area contributed by atoms with Crippen LogP contribution in [0.4, 0.5) is 34.1 Å². The van der Waals surface area contributed by atoms with Crippen molar-refractivity contribution >= 4 is 71.9 Å². The predicted octanol–water partition coefficient (Wildman–Crippen LogP) is 11.1. The maximum absolute atomic E-state index is 3.70. The van der Waals surface area contributed by atoms with Gasteiger partial charge in [0.15, 0.2) is 0 Å². The summed E-state index contributed by atoms with van der Waals surface area (Å²) in [6.45, 7) is 0.890. The summed E-state index contributed by atoms with van der Waals surface area (Å²) in [6.07, 6.45) is 0. The van der Waals surface area contributed by atoms with E-state index in [1.54, 1.807) is 0 Å². The monoisotopic (exact) mass is 607 g/mol. The van der Waals surface area contributed by atoms with Crippen LogP contribution < -0.4 is 9.80 Å². The maximum Gasteiger partial charge on any atom is 0.0493 e. The van der Waals surface area contributed by atoms with E-state index in [0.29, 0.717) is 0 Å². The number of halogens is 1. The van der Waals surface area contributed by atoms with Crippen molar-refractivity contribution in [1.29, 1.82) is 0 Å². The molecule has 0 bridgehead atoms. The van der Waals surface area contributed by atoms with Gasteiger partial charge in [-0.3, -0.25) is 0 Å². The van der Waals surface area contributed by atoms with Crippen LogP contribution in [-0.2, 0) is 6.54 Å². The Balaban J connectivity index is 1.45. The third-order valence-corrected chi connectivity index (χ3v) is 8.07. The molecule has 0 aliphatic rings. The van der Waals surface area contributed by atoms with Crippen LogP contribution in [0, 0.1) is 0 Å². The van der Waals surface area contributed by atoms with Gasteiger partial charge in [0.2, 0.25) is 0 Å². The molecule has 1 aromatic heterocycles. The lowest BCUT2D eigenvalue weighted by molar-refractivity contribution is 0.843. The first-order valence-corrected chi connectivity index (χ1v) is 15.4. The lowest BCUT2D eigenvalue weighted by atomic mass is 10.1. The van der Waals surface area contributed by atoms with E-state index in [9.17, 15) is 0 Å². The summed E-state index contributed by atoms with van der Waals surface area (Å²) in [6, 6.07) is 56.1. The van der Waals surface area contributed by atoms with Gasteiger partial charge >= 0.3 is 0 Å². The first kappa shape index (κ1) is 26.1. The summed E-state index contributed by atoms with van der Waals surface area (Å²) >= 11 is 3.70. The molecule has 0 fully saturated rings. The molecule has 4 heteroatoms. The number of hydrogen-bond acceptors (Lipinski definition) is 2. The van der Waals surface area contributed by atoms with E-state index in [2.05, 4.69) is 188 Å². The predicted molar refractivity (Wildman–Crippen MR) is 183 cm³/mol. The Morgan fingerprint density at radius 3 is 1.05 bits per heavy atom. The summed E-state index contributed by atoms with van der Waals surface area (Å²) in [5.41, 5.74) is 9.26. The van der Waals surface area contributed by atoms with Crippen molar-refractivity contribution in [2.75, 3.05) is 15.1 Å². The van der Waals surface area contributed by atoms with Gasteiger partial charge in [-0.05, 0) is 84.9 Å². The molecule has 1 heterocycles. The van der Waals surface area contributed by atoms with Crippen LogP contribution in [0.2, 0.25) is 0 Å². The van der Waals surface area contributed by atoms with Gasteiger partial charge in [0.05, 0.1) is 0 Å². The van der Waals surface area contributed by atoms with Gasteiger partial charge in [-0.25, -0.2) is 0 Å². The van der Waals surface area contributed by atoms with Crippen LogP contribution in [0.5, 0.6) is 0 Å². The molecular weight excluding hydrogens is 578 g/mol. The van der Waals surface area contributed by atoms with Crippen molar-refractivity contribution in [2.24, 2.45) is 0 Å². The zero-order chi connectivity index (χ0) is 28.3. The molecule has 0 amide bonds. The smallest absolute Gasteiger partial charge is 0.0493 e. The molecule has 42 heavy (non-hydrogen) atoms. The molecule has 7 rings (SSSR count). The summed E-state index contributed by atoms with van der Waals surface area (Å²) < 4.78 is 2.43. The number of fused-ring (bicyclic) bond motifs is 3. The van der Waals surface area contributed by atoms with Crippen molar-refractivity contribution in [3.63, 3.8) is 0 Å². The molecule has 0 saturated carbocycles. The highest BCUT2D eigenvalue weighted by Crippen LogP contribution is 2.41. The number of alkyl halides is 1. The molecule has 7 aromatic rings. The average molecular weight is 609 g/mol. The standard InChI is InChI=1S/C38H30BrN3/c39-25-26-40-37-23-21-33(41(29-13-5-1-6-14-29)30-15-7-2-8-16-30)27-35(37)36-28-34(22-24-38(36)40)42(31-17-9-3-10-18-31)32-19-11-4-12-20-32/h1-24,27-28H,25-26H2. The van der Waals surface area contributed by atoms with Gasteiger partial charge in [0.1, 0.15) is 0 Å². The van der Waals surface area contributed by atoms with Gasteiger partial charge in [0, 0.05) is 67.8 Å². The summed E-state index contributed by atoms with van der Waals surface area (Å²) in [5, 5.41) is 3.36. The van der Waals surface area contributed by atoms with Crippen molar-refractivity contribution < 1.29 is 0 Å². The molecular formula is C38H30BrN3. The van der Waals surface area contributed by atoms with Crippen molar-refractivity contribution in [1.82, 2.24) is 4.57 Å². The van der Waals surface area contributed by atoms with Gasteiger partial charge in [-0.15, -0.1) is 0 Å². The zero-order valence-corrected chi connectivity index (χ0v) is 24.7. The van der Waals surface area contributed by atoms with Gasteiger partial charge < -0.3 is 14.4 Å². The van der Waals surface area contributed by atoms with Crippen molar-refractivity contribution in [3.8, 4) is 0 Å². The molecule has 0 saturated heterocycles. The molecule has 204 valence electrons. The van der Waals surface area contributed by atoms with Crippen LogP contribution in [0.3, 0.4) is 0 Å². The van der Waals surface area contributed by atoms with Crippen LogP contribution >= 0.6 is 15.9 Å². The fourth-order valence-corrected chi connectivity index (χ4v) is 6.24. The van der Waals surface area contributed by atoms with E-state index in [0.717, 1.165) is 46.0 Å². The topological polar surface area (TPSA) is 11.4 Å². The highest BCUT2D eigenvalue weighted by atomic mass is 79.9. The second kappa shape index (κ2) is 11.6. The Labute approximate surface area is 255 Å². The third kappa shape index (κ3) is 4.84. The quantitative estimate of drug-likeness (QED) is 0.159. The van der Waals surface area contributed by atoms with Crippen LogP contribution in [0.1, 0.15) is 0 Å². The minimum absolute atomic E-state index is 0.885. The molecule has 6 aromatic carbocycles. The van der Waals surface area contributed by atoms with E-state index in [-0.39, 0.29) is 0 Å². The minimum Gasteiger partial charge on any atom is -0.340 e. The molecule has 3 nitrogen and oxygen atoms in total. The first-order chi connectivity index (χ1) is 20.8. The van der Waals surface area contributed by atoms with E-state index in [1.807, 2.05) is 0 Å². The Kier molecular flexibility index (Phi) is 7.21. The van der Waals surface area contributed by atoms with Gasteiger partial charge in [-0.2, -0.15) is 0 Å². The molecule has 0 N–H and O–H groups in total. The molecule has 0 aliphatic carbocycles. The second-order valence-electron chi connectivity index (χ2n) is 10.3. The number of nitrogens with zero attached hydrogens (tertiary/aromatic N) is 3. The lowest BCUT2D eigenvalue weighted by Gasteiger charge is -2.26. The number of rotatable bonds is 8. The van der Waals surface area contributed by atoms with Crippen LogP contribution in [-0.4, -0.2) is 9.90 Å². The minimum atomic E-state index is 0.885. The number of benzene rings is 6. The average Bonchev–Trinajstić information content (AvgIpc) is 3.36. The number of hydrogen-bond donors (Lipinski definition) is 0. The molecule has 0 radical (unpaired) electrons. The van der Waals surface area contributed by atoms with Gasteiger partial charge in [0.25, 0.3) is 0 Å². The highest BCUT2D eigenvalue weighted by molar-refractivity contribution is 9.09. The van der Waals surface area contributed by atoms with E-state index < -0.39 is 0 Å². The number of aromatic nitrogens is 1. The summed E-state index contributed by atoms with van der Waals surface area (Å²) in [4.78, 5) is 4.66. The summed E-state index contributed by atoms with van der Waals surface area (Å²) in [7, 11) is 0. The largest absolute Gasteiger partial charge is 0.340 e. The van der Waals surface area contributed by atoms with Crippen molar-refractivity contribution in [3.05, 3.63) is 158 Å². The third-order valence-electron chi connectivity index (χ3n) is 7.71. The normalized spacial score (nSPS) is 11.2. The molecule has 0 aliphatic heterocycles. The summed E-state index contributed by atoms with van der Waals surface area (Å²) in [5.74, 6) is 0. The Bertz CT molecular complexity index is 1720. The fourth-order valence-electron chi connectivity index (χ4n) is 5.89. The first-order valence-electron chi connectivity index (χ1n) is 14.2. The SMILES string of the molecule is BrCCn1c2ccc(N(c3ccccc3)c3ccccc3)cc2c2cc(N(c3ccccc3)c3ccccc3)ccc21. The number of para-hydroxylation sites is 4. The van der Waals surface area contributed by atoms with Crippen LogP contribution in [0.15, 0.2) is 158 Å². The second-order valence-corrected chi connectivity index (χ2v) is 11.0. The van der Waals surface area contributed by atoms with E-state index in [1.165, 1.54) is 21.8 Å². The Hall–Kier alpha value is -4.80. The molecule has 0 atom stereocenters. The highest BCUT2D eigenvalue weighted by Gasteiger charge is 2.18. The fraction of sp³-hybridized carbons (Fsp3) is 0.0526. The molecule has 0 spiro atoms. The Morgan fingerprint density at radius 2 is 0.738 bits per heavy atom. The van der Waals surface area contributed by atoms with E-state index in [4.69, 9.17) is 0 Å². The number of anilines is 6. The Morgan fingerprint density at radius 1 is 0.405 bits per heavy atom. The van der Waals surface area contributed by atoms with E-state index >= 15 is 0 Å². The van der Waals surface area contributed by atoms with Crippen molar-refractivity contribution in [2.45, 2.75) is 6.54 Å². The maximum atomic E-state index is 3.70. The van der Waals surface area contributed by atoms with Crippen LogP contribution in [0.25, 0.3) is 21.8 Å². The van der Waals surface area contributed by atoms with Gasteiger partial charge in [-0.1, -0.05) is 88.7 Å². The molecule has 0 unspecified atom stereocenters. The number of aryl methyl sites for hydroxylation is 1. The zero-order valence-electron chi connectivity index (χ0n) is 23.1. The lowest BCUT2D eigenvalue weighted by Crippen LogP contribution is -2.09.